The standard InChI is InChI=1S/C14H27N3OS/c1-11(2)10-15-8-6-7-12-16-17-13(19-12)9-14(3,4)18-5/h11,15H,6-10H2,1-5H3. The summed E-state index contributed by atoms with van der Waals surface area (Å²) in [5.74, 6) is 0.712. The summed E-state index contributed by atoms with van der Waals surface area (Å²) >= 11 is 1.71. The average molecular weight is 285 g/mol. The molecule has 0 aliphatic carbocycles. The van der Waals surface area contributed by atoms with E-state index in [1.54, 1.807) is 18.4 Å². The number of nitrogens with zero attached hydrogens (tertiary/aromatic N) is 2. The molecule has 1 N–H and O–H groups in total. The molecule has 0 bridgehead atoms. The second kappa shape index (κ2) is 7.92. The second-order valence-electron chi connectivity index (χ2n) is 5.93. The van der Waals surface area contributed by atoms with Gasteiger partial charge in [-0.1, -0.05) is 13.8 Å². The molecule has 0 atom stereocenters. The van der Waals surface area contributed by atoms with E-state index in [0.717, 1.165) is 42.4 Å². The van der Waals surface area contributed by atoms with Crippen LogP contribution < -0.4 is 5.32 Å². The quantitative estimate of drug-likeness (QED) is 0.709. The first kappa shape index (κ1) is 16.5. The van der Waals surface area contributed by atoms with E-state index in [1.165, 1.54) is 0 Å². The molecule has 0 spiro atoms. The molecule has 19 heavy (non-hydrogen) atoms. The van der Waals surface area contributed by atoms with Crippen LogP contribution in [-0.4, -0.2) is 36.0 Å². The summed E-state index contributed by atoms with van der Waals surface area (Å²) in [6, 6.07) is 0. The van der Waals surface area contributed by atoms with Crippen LogP contribution in [0, 0.1) is 5.92 Å². The van der Waals surface area contributed by atoms with Gasteiger partial charge in [-0.3, -0.25) is 0 Å². The van der Waals surface area contributed by atoms with Crippen molar-refractivity contribution in [1.82, 2.24) is 15.5 Å². The van der Waals surface area contributed by atoms with Crippen LogP contribution in [0.15, 0.2) is 0 Å². The molecular formula is C14H27N3OS. The molecule has 0 unspecified atom stereocenters. The topological polar surface area (TPSA) is 47.0 Å². The maximum Gasteiger partial charge on any atom is 0.120 e. The lowest BCUT2D eigenvalue weighted by molar-refractivity contribution is 0.0230. The zero-order valence-corrected chi connectivity index (χ0v) is 13.6. The number of ether oxygens (including phenoxy) is 1. The van der Waals surface area contributed by atoms with Crippen molar-refractivity contribution in [2.45, 2.75) is 52.6 Å². The molecule has 0 aliphatic rings. The van der Waals surface area contributed by atoms with Gasteiger partial charge >= 0.3 is 0 Å². The number of hydrogen-bond donors (Lipinski definition) is 1. The van der Waals surface area contributed by atoms with Crippen LogP contribution in [0.25, 0.3) is 0 Å². The van der Waals surface area contributed by atoms with Gasteiger partial charge in [-0.05, 0) is 39.3 Å². The first-order chi connectivity index (χ1) is 8.93. The van der Waals surface area contributed by atoms with E-state index in [1.807, 2.05) is 0 Å². The molecule has 0 radical (unpaired) electrons. The molecule has 1 aromatic heterocycles. The van der Waals surface area contributed by atoms with Gasteiger partial charge < -0.3 is 10.1 Å². The highest BCUT2D eigenvalue weighted by Gasteiger charge is 2.19. The van der Waals surface area contributed by atoms with Gasteiger partial charge in [0.2, 0.25) is 0 Å². The number of nitrogens with one attached hydrogen (secondary N) is 1. The molecule has 0 saturated carbocycles. The zero-order valence-electron chi connectivity index (χ0n) is 12.8. The molecule has 0 fully saturated rings. The van der Waals surface area contributed by atoms with Crippen molar-refractivity contribution in [2.24, 2.45) is 5.92 Å². The zero-order chi connectivity index (χ0) is 14.3. The summed E-state index contributed by atoms with van der Waals surface area (Å²) < 4.78 is 5.42. The Morgan fingerprint density at radius 3 is 2.58 bits per heavy atom. The van der Waals surface area contributed by atoms with Crippen LogP contribution in [0.5, 0.6) is 0 Å². The van der Waals surface area contributed by atoms with Crippen LogP contribution in [-0.2, 0) is 17.6 Å². The molecular weight excluding hydrogens is 258 g/mol. The van der Waals surface area contributed by atoms with Crippen LogP contribution in [0.2, 0.25) is 0 Å². The molecule has 1 aromatic rings. The highest BCUT2D eigenvalue weighted by Crippen LogP contribution is 2.19. The fourth-order valence-electron chi connectivity index (χ4n) is 1.65. The number of methoxy groups -OCH3 is 1. The molecule has 1 rings (SSSR count). The fourth-order valence-corrected chi connectivity index (χ4v) is 2.75. The maximum absolute atomic E-state index is 5.42. The molecule has 0 saturated heterocycles. The Morgan fingerprint density at radius 2 is 1.95 bits per heavy atom. The van der Waals surface area contributed by atoms with Gasteiger partial charge in [0.1, 0.15) is 10.0 Å². The highest BCUT2D eigenvalue weighted by atomic mass is 32.1. The van der Waals surface area contributed by atoms with E-state index in [-0.39, 0.29) is 5.60 Å². The summed E-state index contributed by atoms with van der Waals surface area (Å²) in [6.07, 6.45) is 2.96. The predicted molar refractivity (Wildman–Crippen MR) is 80.7 cm³/mol. The summed E-state index contributed by atoms with van der Waals surface area (Å²) in [6.45, 7) is 10.7. The summed E-state index contributed by atoms with van der Waals surface area (Å²) in [5, 5.41) is 14.1. The Balaban J connectivity index is 2.27. The van der Waals surface area contributed by atoms with E-state index >= 15 is 0 Å². The molecule has 1 heterocycles. The average Bonchev–Trinajstić information content (AvgIpc) is 2.75. The maximum atomic E-state index is 5.42. The van der Waals surface area contributed by atoms with Gasteiger partial charge in [-0.25, -0.2) is 0 Å². The first-order valence-corrected chi connectivity index (χ1v) is 7.82. The lowest BCUT2D eigenvalue weighted by Gasteiger charge is -2.20. The Morgan fingerprint density at radius 1 is 1.26 bits per heavy atom. The molecule has 0 aliphatic heterocycles. The first-order valence-electron chi connectivity index (χ1n) is 7.00. The van der Waals surface area contributed by atoms with Crippen molar-refractivity contribution in [2.75, 3.05) is 20.2 Å². The van der Waals surface area contributed by atoms with E-state index in [4.69, 9.17) is 4.74 Å². The second-order valence-corrected chi connectivity index (χ2v) is 7.08. The van der Waals surface area contributed by atoms with Crippen LogP contribution in [0.1, 0.15) is 44.1 Å². The molecule has 5 heteroatoms. The van der Waals surface area contributed by atoms with Gasteiger partial charge in [-0.15, -0.1) is 21.5 Å². The predicted octanol–water partition coefficient (Wildman–Crippen LogP) is 2.68. The minimum Gasteiger partial charge on any atom is -0.378 e. The monoisotopic (exact) mass is 285 g/mol. The van der Waals surface area contributed by atoms with Crippen LogP contribution >= 0.6 is 11.3 Å². The Bertz CT molecular complexity index is 363. The third-order valence-electron chi connectivity index (χ3n) is 2.94. The molecule has 4 nitrogen and oxygen atoms in total. The van der Waals surface area contributed by atoms with Crippen molar-refractivity contribution in [3.63, 3.8) is 0 Å². The van der Waals surface area contributed by atoms with Crippen molar-refractivity contribution in [3.8, 4) is 0 Å². The Kier molecular flexibility index (Phi) is 6.89. The van der Waals surface area contributed by atoms with E-state index in [0.29, 0.717) is 5.92 Å². The minimum atomic E-state index is -0.157. The fraction of sp³-hybridized carbons (Fsp3) is 0.857. The van der Waals surface area contributed by atoms with Crippen LogP contribution in [0.3, 0.4) is 0 Å². The van der Waals surface area contributed by atoms with Crippen molar-refractivity contribution < 1.29 is 4.74 Å². The highest BCUT2D eigenvalue weighted by molar-refractivity contribution is 7.11. The SMILES string of the molecule is COC(C)(C)Cc1nnc(CCCNCC(C)C)s1. The van der Waals surface area contributed by atoms with Gasteiger partial charge in [0, 0.05) is 20.0 Å². The number of rotatable bonds is 9. The number of hydrogen-bond acceptors (Lipinski definition) is 5. The van der Waals surface area contributed by atoms with Gasteiger partial charge in [0.15, 0.2) is 0 Å². The van der Waals surface area contributed by atoms with Gasteiger partial charge in [0.25, 0.3) is 0 Å². The smallest absolute Gasteiger partial charge is 0.120 e. The number of aryl methyl sites for hydroxylation is 1. The van der Waals surface area contributed by atoms with Crippen molar-refractivity contribution >= 4 is 11.3 Å². The lowest BCUT2D eigenvalue weighted by Crippen LogP contribution is -2.25. The van der Waals surface area contributed by atoms with E-state index in [2.05, 4.69) is 43.2 Å². The van der Waals surface area contributed by atoms with E-state index < -0.39 is 0 Å². The van der Waals surface area contributed by atoms with Crippen molar-refractivity contribution in [3.05, 3.63) is 10.0 Å². The largest absolute Gasteiger partial charge is 0.378 e. The summed E-state index contributed by atoms with van der Waals surface area (Å²) in [4.78, 5) is 0. The lowest BCUT2D eigenvalue weighted by atomic mass is 10.1. The van der Waals surface area contributed by atoms with E-state index in [9.17, 15) is 0 Å². The molecule has 0 amide bonds. The normalized spacial score (nSPS) is 12.3. The van der Waals surface area contributed by atoms with Crippen LogP contribution in [0.4, 0.5) is 0 Å². The molecule has 0 aromatic carbocycles. The third-order valence-corrected chi connectivity index (χ3v) is 3.92. The Labute approximate surface area is 121 Å². The minimum absolute atomic E-state index is 0.157. The third kappa shape index (κ3) is 6.99. The summed E-state index contributed by atoms with van der Waals surface area (Å²) in [5.41, 5.74) is -0.157. The number of aromatic nitrogens is 2. The Hall–Kier alpha value is -0.520. The van der Waals surface area contributed by atoms with Gasteiger partial charge in [-0.2, -0.15) is 0 Å². The van der Waals surface area contributed by atoms with Gasteiger partial charge in [0.05, 0.1) is 5.60 Å². The van der Waals surface area contributed by atoms with Crippen molar-refractivity contribution in [1.29, 1.82) is 0 Å². The molecule has 110 valence electrons. The summed E-state index contributed by atoms with van der Waals surface area (Å²) in [7, 11) is 1.74.